The molecule has 0 fully saturated rings. The quantitative estimate of drug-likeness (QED) is 0.545. The van der Waals surface area contributed by atoms with Gasteiger partial charge in [-0.05, 0) is 37.1 Å². The van der Waals surface area contributed by atoms with Crippen LogP contribution in [0.5, 0.6) is 0 Å². The molecule has 0 atom stereocenters. The van der Waals surface area contributed by atoms with E-state index in [-0.39, 0.29) is 5.56 Å². The monoisotopic (exact) mass is 355 g/mol. The number of hydrogen-bond donors (Lipinski definition) is 0. The minimum absolute atomic E-state index is 0.249. The molecule has 1 nitrogen and oxygen atoms in total. The maximum Gasteiger partial charge on any atom is 0.194 e. The van der Waals surface area contributed by atoms with Gasteiger partial charge in [0.15, 0.2) is 17.5 Å². The maximum atomic E-state index is 13.2. The van der Waals surface area contributed by atoms with Crippen LogP contribution in [-0.2, 0) is 6.42 Å². The third kappa shape index (κ3) is 3.94. The Hall–Kier alpha value is -1.62. The lowest BCUT2D eigenvalue weighted by molar-refractivity contribution is 0.447. The van der Waals surface area contributed by atoms with E-state index in [0.717, 1.165) is 22.2 Å². The Labute approximate surface area is 129 Å². The number of nitrogens with zero attached hydrogens (tertiary/aromatic N) is 1. The van der Waals surface area contributed by atoms with Crippen LogP contribution in [0.3, 0.4) is 0 Å². The molecular weight excluding hydrogens is 343 g/mol. The lowest BCUT2D eigenvalue weighted by atomic mass is 10.1. The molecule has 0 N–H and O–H groups in total. The van der Waals surface area contributed by atoms with Gasteiger partial charge in [-0.3, -0.25) is 4.99 Å². The summed E-state index contributed by atoms with van der Waals surface area (Å²) in [7, 11) is 0. The largest absolute Gasteiger partial charge is 0.289 e. The van der Waals surface area contributed by atoms with Gasteiger partial charge in [0.1, 0.15) is 0 Å². The van der Waals surface area contributed by atoms with Gasteiger partial charge in [0.25, 0.3) is 0 Å². The number of rotatable bonds is 4. The van der Waals surface area contributed by atoms with Gasteiger partial charge in [0, 0.05) is 22.3 Å². The normalized spacial score (nSPS) is 11.8. The maximum absolute atomic E-state index is 13.2. The predicted molar refractivity (Wildman–Crippen MR) is 81.2 cm³/mol. The fourth-order valence-electron chi connectivity index (χ4n) is 1.90. The van der Waals surface area contributed by atoms with Gasteiger partial charge in [0.05, 0.1) is 0 Å². The van der Waals surface area contributed by atoms with Crippen LogP contribution < -0.4 is 0 Å². The summed E-state index contributed by atoms with van der Waals surface area (Å²) in [5.74, 6) is -3.87. The molecule has 0 saturated heterocycles. The minimum Gasteiger partial charge on any atom is -0.289 e. The van der Waals surface area contributed by atoms with Gasteiger partial charge < -0.3 is 0 Å². The summed E-state index contributed by atoms with van der Waals surface area (Å²) >= 11 is 3.45. The Morgan fingerprint density at radius 2 is 1.71 bits per heavy atom. The molecule has 21 heavy (non-hydrogen) atoms. The van der Waals surface area contributed by atoms with E-state index in [4.69, 9.17) is 0 Å². The van der Waals surface area contributed by atoms with E-state index >= 15 is 0 Å². The Balaban J connectivity index is 2.10. The van der Waals surface area contributed by atoms with Crippen LogP contribution in [-0.4, -0.2) is 12.3 Å². The van der Waals surface area contributed by atoms with E-state index in [1.54, 1.807) is 6.92 Å². The Morgan fingerprint density at radius 1 is 1.10 bits per heavy atom. The van der Waals surface area contributed by atoms with Crippen molar-refractivity contribution in [3.63, 3.8) is 0 Å². The molecule has 2 rings (SSSR count). The minimum atomic E-state index is -1.46. The highest BCUT2D eigenvalue weighted by molar-refractivity contribution is 9.10. The molecule has 110 valence electrons. The summed E-state index contributed by atoms with van der Waals surface area (Å²) in [5, 5.41) is 0. The van der Waals surface area contributed by atoms with Crippen LogP contribution in [0.2, 0.25) is 0 Å². The second-order valence-corrected chi connectivity index (χ2v) is 5.42. The third-order valence-electron chi connectivity index (χ3n) is 3.09. The first-order valence-corrected chi connectivity index (χ1v) is 7.17. The predicted octanol–water partition coefficient (Wildman–Crippen LogP) is 4.92. The van der Waals surface area contributed by atoms with Crippen molar-refractivity contribution in [1.82, 2.24) is 0 Å². The highest BCUT2D eigenvalue weighted by Crippen LogP contribution is 2.17. The average Bonchev–Trinajstić information content (AvgIpc) is 2.46. The standard InChI is InChI=1S/C16H13BrF3N/c1-10(12-8-14(18)16(20)15(19)9-12)21-7-6-11-4-2-3-5-13(11)17/h2-5,8-9H,6-7H2,1H3. The topological polar surface area (TPSA) is 12.4 Å². The lowest BCUT2D eigenvalue weighted by Crippen LogP contribution is -2.02. The molecule has 0 aliphatic heterocycles. The summed E-state index contributed by atoms with van der Waals surface area (Å²) in [5.41, 5.74) is 1.82. The number of benzene rings is 2. The molecule has 2 aromatic rings. The smallest absolute Gasteiger partial charge is 0.194 e. The Kier molecular flexibility index (Phi) is 5.17. The highest BCUT2D eigenvalue weighted by atomic mass is 79.9. The van der Waals surface area contributed by atoms with E-state index < -0.39 is 17.5 Å². The van der Waals surface area contributed by atoms with Crippen molar-refractivity contribution >= 4 is 21.6 Å². The zero-order valence-corrected chi connectivity index (χ0v) is 12.9. The molecule has 5 heteroatoms. The number of aliphatic imine (C=N–C) groups is 1. The fourth-order valence-corrected chi connectivity index (χ4v) is 2.38. The lowest BCUT2D eigenvalue weighted by Gasteiger charge is -2.05. The average molecular weight is 356 g/mol. The number of hydrogen-bond acceptors (Lipinski definition) is 1. The molecular formula is C16H13BrF3N. The van der Waals surface area contributed by atoms with Gasteiger partial charge in [-0.25, -0.2) is 13.2 Å². The van der Waals surface area contributed by atoms with E-state index in [9.17, 15) is 13.2 Å². The van der Waals surface area contributed by atoms with Crippen molar-refractivity contribution in [3.8, 4) is 0 Å². The van der Waals surface area contributed by atoms with E-state index in [0.29, 0.717) is 18.7 Å². The van der Waals surface area contributed by atoms with Crippen LogP contribution in [0.25, 0.3) is 0 Å². The van der Waals surface area contributed by atoms with E-state index in [2.05, 4.69) is 20.9 Å². The summed E-state index contributed by atoms with van der Waals surface area (Å²) in [6.07, 6.45) is 0.699. The molecule has 0 radical (unpaired) electrons. The summed E-state index contributed by atoms with van der Waals surface area (Å²) < 4.78 is 40.2. The van der Waals surface area contributed by atoms with Crippen molar-refractivity contribution in [3.05, 3.63) is 69.4 Å². The molecule has 0 bridgehead atoms. The molecule has 0 unspecified atom stereocenters. The fraction of sp³-hybridized carbons (Fsp3) is 0.188. The van der Waals surface area contributed by atoms with E-state index in [1.807, 2.05) is 24.3 Å². The van der Waals surface area contributed by atoms with Crippen LogP contribution in [0.15, 0.2) is 45.9 Å². The molecule has 0 amide bonds. The third-order valence-corrected chi connectivity index (χ3v) is 3.86. The number of halogens is 4. The van der Waals surface area contributed by atoms with E-state index in [1.165, 1.54) is 0 Å². The van der Waals surface area contributed by atoms with Gasteiger partial charge in [-0.2, -0.15) is 0 Å². The van der Waals surface area contributed by atoms with Gasteiger partial charge >= 0.3 is 0 Å². The first kappa shape index (κ1) is 15.8. The summed E-state index contributed by atoms with van der Waals surface area (Å²) in [4.78, 5) is 4.28. The van der Waals surface area contributed by atoms with Crippen molar-refractivity contribution in [2.45, 2.75) is 13.3 Å². The Morgan fingerprint density at radius 3 is 2.33 bits per heavy atom. The van der Waals surface area contributed by atoms with Crippen LogP contribution >= 0.6 is 15.9 Å². The summed E-state index contributed by atoms with van der Waals surface area (Å²) in [6.45, 7) is 2.13. The van der Waals surface area contributed by atoms with Crippen LogP contribution in [0.4, 0.5) is 13.2 Å². The molecule has 0 spiro atoms. The molecule has 0 heterocycles. The first-order chi connectivity index (χ1) is 9.99. The SMILES string of the molecule is CC(=NCCc1ccccc1Br)c1cc(F)c(F)c(F)c1. The van der Waals surface area contributed by atoms with Gasteiger partial charge in [-0.15, -0.1) is 0 Å². The van der Waals surface area contributed by atoms with Gasteiger partial charge in [-0.1, -0.05) is 34.1 Å². The van der Waals surface area contributed by atoms with Crippen LogP contribution in [0.1, 0.15) is 18.1 Å². The van der Waals surface area contributed by atoms with Crippen molar-refractivity contribution in [2.24, 2.45) is 4.99 Å². The second-order valence-electron chi connectivity index (χ2n) is 4.56. The van der Waals surface area contributed by atoms with Gasteiger partial charge in [0.2, 0.25) is 0 Å². The summed E-state index contributed by atoms with van der Waals surface area (Å²) in [6, 6.07) is 9.68. The molecule has 0 aliphatic rings. The molecule has 0 aromatic heterocycles. The van der Waals surface area contributed by atoms with Crippen molar-refractivity contribution in [1.29, 1.82) is 0 Å². The highest BCUT2D eigenvalue weighted by Gasteiger charge is 2.11. The molecule has 0 aliphatic carbocycles. The van der Waals surface area contributed by atoms with Crippen molar-refractivity contribution in [2.75, 3.05) is 6.54 Å². The van der Waals surface area contributed by atoms with Crippen molar-refractivity contribution < 1.29 is 13.2 Å². The zero-order chi connectivity index (χ0) is 15.4. The van der Waals surface area contributed by atoms with Crippen LogP contribution in [0, 0.1) is 17.5 Å². The zero-order valence-electron chi connectivity index (χ0n) is 11.3. The first-order valence-electron chi connectivity index (χ1n) is 6.38. The molecule has 2 aromatic carbocycles. The Bertz CT molecular complexity index is 660. The second kappa shape index (κ2) is 6.89. The molecule has 0 saturated carbocycles.